The van der Waals surface area contributed by atoms with Crippen molar-refractivity contribution in [3.63, 3.8) is 0 Å². The minimum absolute atomic E-state index is 0.0176. The van der Waals surface area contributed by atoms with Gasteiger partial charge in [0.05, 0.1) is 0 Å². The quantitative estimate of drug-likeness (QED) is 0.481. The number of pyridine rings is 1. The summed E-state index contributed by atoms with van der Waals surface area (Å²) in [6.07, 6.45) is 1.74. The third-order valence-corrected chi connectivity index (χ3v) is 3.98. The van der Waals surface area contributed by atoms with E-state index in [0.29, 0.717) is 30.5 Å². The molecule has 3 N–H and O–H groups in total. The molecule has 8 nitrogen and oxygen atoms in total. The van der Waals surface area contributed by atoms with Crippen LogP contribution < -0.4 is 20.7 Å². The molecule has 29 heavy (non-hydrogen) atoms. The van der Waals surface area contributed by atoms with E-state index in [1.54, 1.807) is 6.20 Å². The van der Waals surface area contributed by atoms with Gasteiger partial charge in [0.15, 0.2) is 12.4 Å². The molecule has 0 aliphatic heterocycles. The smallest absolute Gasteiger partial charge is 0.258 e. The van der Waals surface area contributed by atoms with Crippen LogP contribution in [0.25, 0.3) is 0 Å². The molecule has 0 atom stereocenters. The van der Waals surface area contributed by atoms with Gasteiger partial charge in [0.1, 0.15) is 17.4 Å². The van der Waals surface area contributed by atoms with Crippen molar-refractivity contribution >= 4 is 23.4 Å². The number of aromatic nitrogens is 3. The first-order valence-electron chi connectivity index (χ1n) is 9.32. The lowest BCUT2D eigenvalue weighted by Crippen LogP contribution is -2.32. The Morgan fingerprint density at radius 2 is 1.66 bits per heavy atom. The molecule has 0 aliphatic rings. The summed E-state index contributed by atoms with van der Waals surface area (Å²) in [7, 11) is 0. The van der Waals surface area contributed by atoms with Gasteiger partial charge in [-0.1, -0.05) is 17.7 Å². The Balaban J connectivity index is 1.34. The third kappa shape index (κ3) is 6.76. The zero-order valence-electron chi connectivity index (χ0n) is 16.5. The Morgan fingerprint density at radius 3 is 2.38 bits per heavy atom. The summed E-state index contributed by atoms with van der Waals surface area (Å²) in [5.74, 6) is 2.45. The van der Waals surface area contributed by atoms with Crippen molar-refractivity contribution in [1.82, 2.24) is 20.5 Å². The highest BCUT2D eigenvalue weighted by molar-refractivity contribution is 5.77. The molecule has 8 heteroatoms. The molecule has 0 fully saturated rings. The minimum Gasteiger partial charge on any atom is -0.484 e. The van der Waals surface area contributed by atoms with Crippen molar-refractivity contribution in [2.75, 3.05) is 30.3 Å². The van der Waals surface area contributed by atoms with Crippen LogP contribution in [0.3, 0.4) is 0 Å². The number of hydrogen-bond donors (Lipinski definition) is 3. The van der Waals surface area contributed by atoms with E-state index in [-0.39, 0.29) is 12.5 Å². The molecule has 0 unspecified atom stereocenters. The standard InChI is InChI=1S/C21H24N6O2/c1-15-3-5-17(6-4-15)29-14-21(28)24-12-11-23-18-7-8-19(27-26-18)25-20-13-16(2)9-10-22-20/h3-10,13H,11-12,14H2,1-2H3,(H,23,26)(H,24,28)(H,22,25,27). The number of benzene rings is 1. The summed E-state index contributed by atoms with van der Waals surface area (Å²) in [5.41, 5.74) is 2.26. The molecule has 0 saturated carbocycles. The van der Waals surface area contributed by atoms with Crippen molar-refractivity contribution in [1.29, 1.82) is 0 Å². The molecule has 0 aliphatic carbocycles. The average molecular weight is 392 g/mol. The minimum atomic E-state index is -0.177. The fourth-order valence-corrected chi connectivity index (χ4v) is 2.46. The molecule has 2 aromatic heterocycles. The van der Waals surface area contributed by atoms with Crippen molar-refractivity contribution in [3.8, 4) is 5.75 Å². The molecule has 3 aromatic rings. The van der Waals surface area contributed by atoms with Gasteiger partial charge in [-0.05, 0) is 55.8 Å². The summed E-state index contributed by atoms with van der Waals surface area (Å²) in [6.45, 7) is 4.95. The number of amides is 1. The van der Waals surface area contributed by atoms with Crippen molar-refractivity contribution < 1.29 is 9.53 Å². The first-order chi connectivity index (χ1) is 14.1. The molecular formula is C21H24N6O2. The lowest BCUT2D eigenvalue weighted by atomic mass is 10.2. The van der Waals surface area contributed by atoms with Gasteiger partial charge < -0.3 is 20.7 Å². The van der Waals surface area contributed by atoms with Gasteiger partial charge in [-0.25, -0.2) is 4.98 Å². The number of carbonyl (C=O) groups excluding carboxylic acids is 1. The second-order valence-electron chi connectivity index (χ2n) is 6.53. The van der Waals surface area contributed by atoms with Gasteiger partial charge in [0, 0.05) is 19.3 Å². The van der Waals surface area contributed by atoms with Crippen molar-refractivity contribution in [3.05, 3.63) is 65.9 Å². The molecule has 150 valence electrons. The third-order valence-electron chi connectivity index (χ3n) is 3.98. The SMILES string of the molecule is Cc1ccc(OCC(=O)NCCNc2ccc(Nc3cc(C)ccn3)nn2)cc1. The van der Waals surface area contributed by atoms with Crippen LogP contribution in [-0.2, 0) is 4.79 Å². The van der Waals surface area contributed by atoms with E-state index in [2.05, 4.69) is 31.1 Å². The van der Waals surface area contributed by atoms with Crippen LogP contribution >= 0.6 is 0 Å². The van der Waals surface area contributed by atoms with Crippen LogP contribution in [0.5, 0.6) is 5.75 Å². The van der Waals surface area contributed by atoms with E-state index in [0.717, 1.165) is 16.9 Å². The first-order valence-corrected chi connectivity index (χ1v) is 9.32. The highest BCUT2D eigenvalue weighted by Gasteiger charge is 2.03. The van der Waals surface area contributed by atoms with E-state index < -0.39 is 0 Å². The highest BCUT2D eigenvalue weighted by atomic mass is 16.5. The van der Waals surface area contributed by atoms with Gasteiger partial charge in [0.2, 0.25) is 0 Å². The fourth-order valence-electron chi connectivity index (χ4n) is 2.46. The Hall–Kier alpha value is -3.68. The molecule has 1 amide bonds. The van der Waals surface area contributed by atoms with Crippen LogP contribution in [0.2, 0.25) is 0 Å². The number of nitrogens with zero attached hydrogens (tertiary/aromatic N) is 3. The Labute approximate surface area is 169 Å². The summed E-state index contributed by atoms with van der Waals surface area (Å²) >= 11 is 0. The maximum Gasteiger partial charge on any atom is 0.258 e. The largest absolute Gasteiger partial charge is 0.484 e. The van der Waals surface area contributed by atoms with E-state index in [1.165, 1.54) is 0 Å². The molecule has 0 bridgehead atoms. The maximum absolute atomic E-state index is 11.8. The maximum atomic E-state index is 11.8. The zero-order chi connectivity index (χ0) is 20.5. The highest BCUT2D eigenvalue weighted by Crippen LogP contribution is 2.13. The molecule has 0 radical (unpaired) electrons. The fraction of sp³-hybridized carbons (Fsp3) is 0.238. The Morgan fingerprint density at radius 1 is 0.897 bits per heavy atom. The zero-order valence-corrected chi connectivity index (χ0v) is 16.5. The first kappa shape index (κ1) is 20.1. The van der Waals surface area contributed by atoms with Crippen LogP contribution in [-0.4, -0.2) is 40.8 Å². The molecular weight excluding hydrogens is 368 g/mol. The number of rotatable bonds is 9. The lowest BCUT2D eigenvalue weighted by molar-refractivity contribution is -0.123. The topological polar surface area (TPSA) is 101 Å². The van der Waals surface area contributed by atoms with Crippen LogP contribution in [0.4, 0.5) is 17.5 Å². The average Bonchev–Trinajstić information content (AvgIpc) is 2.72. The number of anilines is 3. The van der Waals surface area contributed by atoms with Gasteiger partial charge in [-0.15, -0.1) is 10.2 Å². The summed E-state index contributed by atoms with van der Waals surface area (Å²) < 4.78 is 5.44. The molecule has 2 heterocycles. The molecule has 1 aromatic carbocycles. The number of nitrogens with one attached hydrogen (secondary N) is 3. The van der Waals surface area contributed by atoms with Gasteiger partial charge in [-0.2, -0.15) is 0 Å². The Kier molecular flexibility index (Phi) is 6.94. The lowest BCUT2D eigenvalue weighted by Gasteiger charge is -2.09. The van der Waals surface area contributed by atoms with Gasteiger partial charge in [-0.3, -0.25) is 4.79 Å². The monoisotopic (exact) mass is 392 g/mol. The van der Waals surface area contributed by atoms with Crippen LogP contribution in [0.1, 0.15) is 11.1 Å². The van der Waals surface area contributed by atoms with Crippen LogP contribution in [0.15, 0.2) is 54.7 Å². The number of carbonyl (C=O) groups is 1. The van der Waals surface area contributed by atoms with Gasteiger partial charge >= 0.3 is 0 Å². The molecule has 0 saturated heterocycles. The van der Waals surface area contributed by atoms with E-state index in [1.807, 2.05) is 62.4 Å². The number of hydrogen-bond acceptors (Lipinski definition) is 7. The van der Waals surface area contributed by atoms with Crippen molar-refractivity contribution in [2.24, 2.45) is 0 Å². The Bertz CT molecular complexity index is 929. The van der Waals surface area contributed by atoms with Gasteiger partial charge in [0.25, 0.3) is 5.91 Å². The van der Waals surface area contributed by atoms with E-state index >= 15 is 0 Å². The summed E-state index contributed by atoms with van der Waals surface area (Å²) in [6, 6.07) is 15.1. The summed E-state index contributed by atoms with van der Waals surface area (Å²) in [5, 5.41) is 17.2. The number of aryl methyl sites for hydroxylation is 2. The second kappa shape index (κ2) is 10.0. The number of ether oxygens (including phenoxy) is 1. The molecule has 3 rings (SSSR count). The predicted octanol–water partition coefficient (Wildman–Crippen LogP) is 2.84. The van der Waals surface area contributed by atoms with Crippen molar-refractivity contribution in [2.45, 2.75) is 13.8 Å². The van der Waals surface area contributed by atoms with E-state index in [4.69, 9.17) is 4.74 Å². The summed E-state index contributed by atoms with van der Waals surface area (Å²) in [4.78, 5) is 16.1. The van der Waals surface area contributed by atoms with Crippen LogP contribution in [0, 0.1) is 13.8 Å². The second-order valence-corrected chi connectivity index (χ2v) is 6.53. The molecule has 0 spiro atoms. The van der Waals surface area contributed by atoms with E-state index in [9.17, 15) is 4.79 Å². The predicted molar refractivity (Wildman–Crippen MR) is 112 cm³/mol. The normalized spacial score (nSPS) is 10.3.